The first-order valence-electron chi connectivity index (χ1n) is 7.52. The fraction of sp³-hybridized carbons (Fsp3) is 0.158. The molecule has 3 rings (SSSR count). The molecule has 23 heavy (non-hydrogen) atoms. The van der Waals surface area contributed by atoms with Crippen LogP contribution in [-0.4, -0.2) is 19.3 Å². The van der Waals surface area contributed by atoms with Crippen LogP contribution in [0.4, 0.5) is 0 Å². The lowest BCUT2D eigenvalue weighted by Gasteiger charge is -2.30. The first-order chi connectivity index (χ1) is 11.0. The quantitative estimate of drug-likeness (QED) is 0.856. The van der Waals surface area contributed by atoms with Crippen LogP contribution in [0.15, 0.2) is 77.2 Å². The average molecular weight is 325 g/mol. The lowest BCUT2D eigenvalue weighted by Crippen LogP contribution is -2.32. The van der Waals surface area contributed by atoms with E-state index in [1.165, 1.54) is 4.31 Å². The standard InChI is InChI=1S/C19H19NO2S/c1-15-10-12-18(13-11-15)23(21,22)20-14-6-7-16(2)19(20)17-8-4-3-5-9-17/h3-13H,14H2,1-2H3. The minimum Gasteiger partial charge on any atom is -0.262 e. The summed E-state index contributed by atoms with van der Waals surface area (Å²) in [7, 11) is -3.58. The van der Waals surface area contributed by atoms with Crippen LogP contribution in [0.5, 0.6) is 0 Å². The summed E-state index contributed by atoms with van der Waals surface area (Å²) < 4.78 is 27.7. The van der Waals surface area contributed by atoms with E-state index in [0.29, 0.717) is 11.4 Å². The van der Waals surface area contributed by atoms with Crippen LogP contribution in [0.2, 0.25) is 0 Å². The summed E-state index contributed by atoms with van der Waals surface area (Å²) in [5.41, 5.74) is 3.63. The van der Waals surface area contributed by atoms with Gasteiger partial charge in [-0.15, -0.1) is 0 Å². The Labute approximate surface area is 137 Å². The molecule has 1 aliphatic heterocycles. The van der Waals surface area contributed by atoms with Gasteiger partial charge in [-0.3, -0.25) is 4.31 Å². The van der Waals surface area contributed by atoms with Gasteiger partial charge in [0.1, 0.15) is 0 Å². The smallest absolute Gasteiger partial charge is 0.262 e. The van der Waals surface area contributed by atoms with Crippen molar-refractivity contribution in [2.24, 2.45) is 0 Å². The van der Waals surface area contributed by atoms with E-state index in [1.807, 2.05) is 68.5 Å². The fourth-order valence-electron chi connectivity index (χ4n) is 2.72. The zero-order chi connectivity index (χ0) is 16.4. The monoisotopic (exact) mass is 325 g/mol. The maximum absolute atomic E-state index is 13.1. The molecular formula is C19H19NO2S. The van der Waals surface area contributed by atoms with Gasteiger partial charge in [0, 0.05) is 0 Å². The number of benzene rings is 2. The minimum atomic E-state index is -3.58. The van der Waals surface area contributed by atoms with Crippen LogP contribution < -0.4 is 0 Å². The molecule has 0 saturated heterocycles. The summed E-state index contributed by atoms with van der Waals surface area (Å²) >= 11 is 0. The highest BCUT2D eigenvalue weighted by molar-refractivity contribution is 7.89. The second-order valence-electron chi connectivity index (χ2n) is 5.65. The van der Waals surface area contributed by atoms with E-state index in [0.717, 1.165) is 22.4 Å². The molecule has 0 unspecified atom stereocenters. The molecule has 0 aliphatic carbocycles. The van der Waals surface area contributed by atoms with Gasteiger partial charge >= 0.3 is 0 Å². The number of aryl methyl sites for hydroxylation is 1. The molecule has 3 nitrogen and oxygen atoms in total. The maximum Gasteiger partial charge on any atom is 0.264 e. The van der Waals surface area contributed by atoms with Crippen molar-refractivity contribution < 1.29 is 8.42 Å². The van der Waals surface area contributed by atoms with Gasteiger partial charge in [0.05, 0.1) is 17.1 Å². The van der Waals surface area contributed by atoms with E-state index >= 15 is 0 Å². The van der Waals surface area contributed by atoms with Crippen LogP contribution >= 0.6 is 0 Å². The molecule has 2 aromatic rings. The Bertz CT molecular complexity index is 863. The lowest BCUT2D eigenvalue weighted by atomic mass is 10.0. The normalized spacial score (nSPS) is 15.1. The summed E-state index contributed by atoms with van der Waals surface area (Å²) in [5.74, 6) is 0. The SMILES string of the molecule is CC1=C(c2ccccc2)N(S(=O)(=O)c2ccc(C)cc2)CC=C1. The molecule has 0 atom stereocenters. The van der Waals surface area contributed by atoms with Crippen molar-refractivity contribution in [1.29, 1.82) is 0 Å². The lowest BCUT2D eigenvalue weighted by molar-refractivity contribution is 0.528. The van der Waals surface area contributed by atoms with Crippen molar-refractivity contribution in [3.63, 3.8) is 0 Å². The summed E-state index contributed by atoms with van der Waals surface area (Å²) in [6.45, 7) is 4.23. The largest absolute Gasteiger partial charge is 0.264 e. The Hall–Kier alpha value is -2.33. The Morgan fingerprint density at radius 1 is 0.913 bits per heavy atom. The molecule has 0 N–H and O–H groups in total. The summed E-state index contributed by atoms with van der Waals surface area (Å²) in [6.07, 6.45) is 3.86. The Kier molecular flexibility index (Phi) is 4.09. The summed E-state index contributed by atoms with van der Waals surface area (Å²) in [6, 6.07) is 16.6. The molecule has 1 aliphatic rings. The molecule has 0 spiro atoms. The summed E-state index contributed by atoms with van der Waals surface area (Å²) in [4.78, 5) is 0.319. The number of hydrogen-bond acceptors (Lipinski definition) is 2. The predicted octanol–water partition coefficient (Wildman–Crippen LogP) is 3.99. The fourth-order valence-corrected chi connectivity index (χ4v) is 4.22. The number of rotatable bonds is 3. The van der Waals surface area contributed by atoms with E-state index in [-0.39, 0.29) is 0 Å². The van der Waals surface area contributed by atoms with E-state index in [4.69, 9.17) is 0 Å². The molecule has 0 radical (unpaired) electrons. The van der Waals surface area contributed by atoms with Gasteiger partial charge in [-0.2, -0.15) is 0 Å². The Balaban J connectivity index is 2.11. The van der Waals surface area contributed by atoms with Gasteiger partial charge in [0.2, 0.25) is 0 Å². The van der Waals surface area contributed by atoms with Gasteiger partial charge in [-0.1, -0.05) is 60.2 Å². The topological polar surface area (TPSA) is 37.4 Å². The highest BCUT2D eigenvalue weighted by Crippen LogP contribution is 2.32. The molecule has 1 heterocycles. The van der Waals surface area contributed by atoms with Crippen molar-refractivity contribution in [1.82, 2.24) is 4.31 Å². The Morgan fingerprint density at radius 2 is 1.57 bits per heavy atom. The van der Waals surface area contributed by atoms with Gasteiger partial charge < -0.3 is 0 Å². The van der Waals surface area contributed by atoms with Crippen LogP contribution in [0.1, 0.15) is 18.1 Å². The predicted molar refractivity (Wildman–Crippen MR) is 93.2 cm³/mol. The van der Waals surface area contributed by atoms with Crippen LogP contribution in [0.3, 0.4) is 0 Å². The van der Waals surface area contributed by atoms with Gasteiger partial charge in [0.25, 0.3) is 10.0 Å². The Morgan fingerprint density at radius 3 is 2.22 bits per heavy atom. The van der Waals surface area contributed by atoms with Crippen molar-refractivity contribution in [2.45, 2.75) is 18.7 Å². The average Bonchev–Trinajstić information content (AvgIpc) is 2.56. The number of allylic oxidation sites excluding steroid dienone is 2. The van der Waals surface area contributed by atoms with Gasteiger partial charge in [-0.05, 0) is 37.1 Å². The van der Waals surface area contributed by atoms with E-state index in [9.17, 15) is 8.42 Å². The third-order valence-corrected chi connectivity index (χ3v) is 5.70. The number of hydrogen-bond donors (Lipinski definition) is 0. The molecule has 0 aromatic heterocycles. The highest BCUT2D eigenvalue weighted by Gasteiger charge is 2.29. The van der Waals surface area contributed by atoms with Crippen molar-refractivity contribution in [3.05, 3.63) is 83.4 Å². The molecule has 118 valence electrons. The van der Waals surface area contributed by atoms with E-state index < -0.39 is 10.0 Å². The van der Waals surface area contributed by atoms with Crippen molar-refractivity contribution >= 4 is 15.7 Å². The summed E-state index contributed by atoms with van der Waals surface area (Å²) in [5, 5.41) is 0. The maximum atomic E-state index is 13.1. The molecular weight excluding hydrogens is 306 g/mol. The van der Waals surface area contributed by atoms with Gasteiger partial charge in [0.15, 0.2) is 0 Å². The second kappa shape index (κ2) is 6.05. The number of nitrogens with zero attached hydrogens (tertiary/aromatic N) is 1. The van der Waals surface area contributed by atoms with Gasteiger partial charge in [-0.25, -0.2) is 8.42 Å². The molecule has 2 aromatic carbocycles. The molecule has 0 saturated carbocycles. The minimum absolute atomic E-state index is 0.319. The molecule has 0 amide bonds. The third-order valence-electron chi connectivity index (χ3n) is 3.92. The van der Waals surface area contributed by atoms with Crippen molar-refractivity contribution in [3.8, 4) is 0 Å². The van der Waals surface area contributed by atoms with E-state index in [1.54, 1.807) is 12.1 Å². The first kappa shape index (κ1) is 15.6. The molecule has 0 fully saturated rings. The van der Waals surface area contributed by atoms with Crippen LogP contribution in [-0.2, 0) is 10.0 Å². The third kappa shape index (κ3) is 2.94. The first-order valence-corrected chi connectivity index (χ1v) is 8.96. The van der Waals surface area contributed by atoms with E-state index in [2.05, 4.69) is 0 Å². The molecule has 0 bridgehead atoms. The van der Waals surface area contributed by atoms with Crippen LogP contribution in [0.25, 0.3) is 5.70 Å². The van der Waals surface area contributed by atoms with Crippen molar-refractivity contribution in [2.75, 3.05) is 6.54 Å². The molecule has 4 heteroatoms. The number of sulfonamides is 1. The van der Waals surface area contributed by atoms with Crippen LogP contribution in [0, 0.1) is 6.92 Å². The highest BCUT2D eigenvalue weighted by atomic mass is 32.2. The second-order valence-corrected chi connectivity index (χ2v) is 7.51. The zero-order valence-electron chi connectivity index (χ0n) is 13.2. The zero-order valence-corrected chi connectivity index (χ0v) is 14.0.